The smallest absolute Gasteiger partial charge is 0.304 e. The summed E-state index contributed by atoms with van der Waals surface area (Å²) in [5.41, 5.74) is 2.15. The lowest BCUT2D eigenvalue weighted by Crippen LogP contribution is -2.13. The van der Waals surface area contributed by atoms with E-state index in [-0.39, 0.29) is 11.6 Å². The molecule has 0 saturated heterocycles. The number of halogens is 2. The predicted molar refractivity (Wildman–Crippen MR) is 123 cm³/mol. The van der Waals surface area contributed by atoms with Crippen molar-refractivity contribution in [2.75, 3.05) is 5.32 Å². The molecule has 4 rings (SSSR count). The van der Waals surface area contributed by atoms with Crippen molar-refractivity contribution in [3.8, 4) is 0 Å². The van der Waals surface area contributed by atoms with E-state index in [1.165, 1.54) is 17.1 Å². The van der Waals surface area contributed by atoms with Gasteiger partial charge in [0, 0.05) is 16.8 Å². The molecule has 0 unspecified atom stereocenters. The quantitative estimate of drug-likeness (QED) is 0.282. The van der Waals surface area contributed by atoms with E-state index in [2.05, 4.69) is 31.4 Å². The summed E-state index contributed by atoms with van der Waals surface area (Å²) in [5.74, 6) is 0.0879. The minimum Gasteiger partial charge on any atom is -0.304 e. The maximum Gasteiger partial charge on any atom is 0.307 e. The number of hydrogen-bond donors (Lipinski definition) is 1. The molecular formula is C21H16BrClN6O3. The standard InChI is InChI=1S/C21H16BrClN6O3/c22-18-13-28(11-16-3-1-2-4-19(16)23)26-20(18)25-21(30)15-7-5-14(6-8-15)10-27-12-17(9-24-27)29(31)32/h1-9,12-13H,10-11H2,(H,25,26,30). The number of carbonyl (C=O) groups is 1. The second-order valence-corrected chi connectivity index (χ2v) is 8.18. The predicted octanol–water partition coefficient (Wildman–Crippen LogP) is 4.75. The maximum absolute atomic E-state index is 12.6. The second-order valence-electron chi connectivity index (χ2n) is 6.92. The van der Waals surface area contributed by atoms with Crippen molar-refractivity contribution in [2.45, 2.75) is 13.1 Å². The van der Waals surface area contributed by atoms with Crippen LogP contribution in [0, 0.1) is 10.1 Å². The zero-order valence-electron chi connectivity index (χ0n) is 16.5. The first-order valence-electron chi connectivity index (χ1n) is 9.42. The van der Waals surface area contributed by atoms with Crippen LogP contribution >= 0.6 is 27.5 Å². The molecule has 0 fully saturated rings. The summed E-state index contributed by atoms with van der Waals surface area (Å²) in [6.45, 7) is 0.822. The summed E-state index contributed by atoms with van der Waals surface area (Å²) in [6.07, 6.45) is 4.33. The summed E-state index contributed by atoms with van der Waals surface area (Å²) in [4.78, 5) is 22.9. The molecule has 2 aromatic heterocycles. The fourth-order valence-electron chi connectivity index (χ4n) is 3.03. The number of hydrogen-bond acceptors (Lipinski definition) is 5. The molecule has 0 atom stereocenters. The van der Waals surface area contributed by atoms with Crippen molar-refractivity contribution in [3.05, 3.63) is 103 Å². The van der Waals surface area contributed by atoms with Crippen molar-refractivity contribution in [1.29, 1.82) is 0 Å². The lowest BCUT2D eigenvalue weighted by atomic mass is 10.1. The number of benzene rings is 2. The number of rotatable bonds is 7. The van der Waals surface area contributed by atoms with E-state index in [1.54, 1.807) is 35.1 Å². The molecule has 0 saturated carbocycles. The molecule has 2 heterocycles. The van der Waals surface area contributed by atoms with E-state index in [9.17, 15) is 14.9 Å². The van der Waals surface area contributed by atoms with Gasteiger partial charge >= 0.3 is 5.69 Å². The van der Waals surface area contributed by atoms with E-state index >= 15 is 0 Å². The monoisotopic (exact) mass is 514 g/mol. The molecular weight excluding hydrogens is 500 g/mol. The lowest BCUT2D eigenvalue weighted by Gasteiger charge is -2.06. The number of carbonyl (C=O) groups excluding carboxylic acids is 1. The van der Waals surface area contributed by atoms with E-state index < -0.39 is 4.92 Å². The van der Waals surface area contributed by atoms with Gasteiger partial charge in [0.25, 0.3) is 5.91 Å². The van der Waals surface area contributed by atoms with Gasteiger partial charge < -0.3 is 5.32 Å². The van der Waals surface area contributed by atoms with E-state index in [0.717, 1.165) is 11.1 Å². The van der Waals surface area contributed by atoms with Gasteiger partial charge in [0.1, 0.15) is 12.4 Å². The zero-order valence-corrected chi connectivity index (χ0v) is 18.8. The number of nitrogens with one attached hydrogen (secondary N) is 1. The number of aromatic nitrogens is 4. The van der Waals surface area contributed by atoms with E-state index in [4.69, 9.17) is 11.6 Å². The molecule has 2 aromatic carbocycles. The van der Waals surface area contributed by atoms with Crippen molar-refractivity contribution >= 4 is 44.9 Å². The van der Waals surface area contributed by atoms with Crippen LogP contribution in [0.15, 0.2) is 71.6 Å². The molecule has 1 N–H and O–H groups in total. The number of amides is 1. The molecule has 0 radical (unpaired) electrons. The van der Waals surface area contributed by atoms with Crippen molar-refractivity contribution in [2.24, 2.45) is 0 Å². The molecule has 1 amide bonds. The Bertz CT molecular complexity index is 1280. The Morgan fingerprint density at radius 3 is 2.53 bits per heavy atom. The van der Waals surface area contributed by atoms with Crippen molar-refractivity contribution in [1.82, 2.24) is 19.6 Å². The van der Waals surface area contributed by atoms with Crippen LogP contribution in [-0.4, -0.2) is 30.4 Å². The van der Waals surface area contributed by atoms with Gasteiger partial charge in [0.2, 0.25) is 0 Å². The SMILES string of the molecule is O=C(Nc1nn(Cc2ccccc2Cl)cc1Br)c1ccc(Cn2cc([N+](=O)[O-])cn2)cc1. The van der Waals surface area contributed by atoms with Gasteiger partial charge in [0.05, 0.1) is 22.5 Å². The third-order valence-corrected chi connectivity index (χ3v) is 5.58. The van der Waals surface area contributed by atoms with Gasteiger partial charge in [-0.15, -0.1) is 0 Å². The second kappa shape index (κ2) is 9.33. The Morgan fingerprint density at radius 2 is 1.84 bits per heavy atom. The highest BCUT2D eigenvalue weighted by Gasteiger charge is 2.14. The van der Waals surface area contributed by atoms with Crippen LogP contribution in [0.2, 0.25) is 5.02 Å². The minimum absolute atomic E-state index is 0.0689. The number of anilines is 1. The van der Waals surface area contributed by atoms with Gasteiger partial charge in [0.15, 0.2) is 5.82 Å². The average molecular weight is 516 g/mol. The summed E-state index contributed by atoms with van der Waals surface area (Å²) in [7, 11) is 0. The number of nitro groups is 1. The fraction of sp³-hybridized carbons (Fsp3) is 0.0952. The van der Waals surface area contributed by atoms with Gasteiger partial charge in [-0.2, -0.15) is 10.2 Å². The highest BCUT2D eigenvalue weighted by molar-refractivity contribution is 9.10. The first-order valence-corrected chi connectivity index (χ1v) is 10.6. The summed E-state index contributed by atoms with van der Waals surface area (Å²) in [6, 6.07) is 14.4. The Balaban J connectivity index is 1.41. The van der Waals surface area contributed by atoms with E-state index in [1.807, 2.05) is 24.3 Å². The Labute approximate surface area is 195 Å². The topological polar surface area (TPSA) is 108 Å². The van der Waals surface area contributed by atoms with Crippen LogP contribution < -0.4 is 5.32 Å². The van der Waals surface area contributed by atoms with Crippen molar-refractivity contribution in [3.63, 3.8) is 0 Å². The fourth-order valence-corrected chi connectivity index (χ4v) is 3.64. The molecule has 0 spiro atoms. The number of nitrogens with zero attached hydrogens (tertiary/aromatic N) is 5. The highest BCUT2D eigenvalue weighted by Crippen LogP contribution is 2.23. The summed E-state index contributed by atoms with van der Waals surface area (Å²) < 4.78 is 3.80. The molecule has 9 nitrogen and oxygen atoms in total. The molecule has 162 valence electrons. The van der Waals surface area contributed by atoms with Gasteiger partial charge in [-0.25, -0.2) is 0 Å². The zero-order chi connectivity index (χ0) is 22.7. The van der Waals surface area contributed by atoms with Crippen LogP contribution in [0.4, 0.5) is 11.5 Å². The first-order chi connectivity index (χ1) is 15.4. The molecule has 0 bridgehead atoms. The van der Waals surface area contributed by atoms with Crippen LogP contribution in [0.1, 0.15) is 21.5 Å². The summed E-state index contributed by atoms with van der Waals surface area (Å²) in [5, 5.41) is 22.6. The highest BCUT2D eigenvalue weighted by atomic mass is 79.9. The third kappa shape index (κ3) is 5.04. The molecule has 11 heteroatoms. The lowest BCUT2D eigenvalue weighted by molar-refractivity contribution is -0.385. The average Bonchev–Trinajstić information content (AvgIpc) is 3.37. The van der Waals surface area contributed by atoms with Crippen LogP contribution in [0.25, 0.3) is 0 Å². The Hall–Kier alpha value is -3.50. The van der Waals surface area contributed by atoms with Crippen molar-refractivity contribution < 1.29 is 9.72 Å². The first kappa shape index (κ1) is 21.7. The van der Waals surface area contributed by atoms with Crippen LogP contribution in [0.3, 0.4) is 0 Å². The molecule has 0 aliphatic carbocycles. The van der Waals surface area contributed by atoms with Crippen LogP contribution in [-0.2, 0) is 13.1 Å². The molecule has 4 aromatic rings. The van der Waals surface area contributed by atoms with E-state index in [0.29, 0.717) is 34.0 Å². The minimum atomic E-state index is -0.495. The Morgan fingerprint density at radius 1 is 1.09 bits per heavy atom. The Kier molecular flexibility index (Phi) is 6.33. The maximum atomic E-state index is 12.6. The van der Waals surface area contributed by atoms with Gasteiger partial charge in [-0.3, -0.25) is 24.3 Å². The molecule has 0 aliphatic heterocycles. The van der Waals surface area contributed by atoms with Crippen LogP contribution in [0.5, 0.6) is 0 Å². The summed E-state index contributed by atoms with van der Waals surface area (Å²) >= 11 is 9.63. The molecule has 32 heavy (non-hydrogen) atoms. The third-order valence-electron chi connectivity index (χ3n) is 4.63. The normalized spacial score (nSPS) is 10.8. The molecule has 0 aliphatic rings. The largest absolute Gasteiger partial charge is 0.307 e. The van der Waals surface area contributed by atoms with Gasteiger partial charge in [-0.05, 0) is 45.3 Å². The van der Waals surface area contributed by atoms with Gasteiger partial charge in [-0.1, -0.05) is 41.9 Å².